The summed E-state index contributed by atoms with van der Waals surface area (Å²) in [5.74, 6) is 0.105. The van der Waals surface area contributed by atoms with Crippen LogP contribution in [0.25, 0.3) is 6.08 Å². The number of oxime groups is 1. The van der Waals surface area contributed by atoms with Gasteiger partial charge in [-0.15, -0.1) is 0 Å². The van der Waals surface area contributed by atoms with E-state index in [0.29, 0.717) is 11.4 Å². The van der Waals surface area contributed by atoms with Gasteiger partial charge in [-0.25, -0.2) is 4.98 Å². The van der Waals surface area contributed by atoms with Gasteiger partial charge in [-0.1, -0.05) is 34.4 Å². The summed E-state index contributed by atoms with van der Waals surface area (Å²) in [5.41, 5.74) is -2.20. The number of benzene rings is 1. The summed E-state index contributed by atoms with van der Waals surface area (Å²) in [6.45, 7) is 1.35. The molecule has 152 valence electrons. The number of halogens is 5. The molecular formula is C19H14Cl2F3N3O2. The van der Waals surface area contributed by atoms with Crippen LogP contribution in [0.2, 0.25) is 10.0 Å². The highest BCUT2D eigenvalue weighted by atomic mass is 35.5. The molecule has 10 heteroatoms. The molecule has 0 fully saturated rings. The van der Waals surface area contributed by atoms with Crippen LogP contribution in [-0.2, 0) is 15.2 Å². The van der Waals surface area contributed by atoms with Gasteiger partial charge in [0.15, 0.2) is 0 Å². The van der Waals surface area contributed by atoms with E-state index < -0.39 is 18.2 Å². The number of carbonyl (C=O) groups is 1. The van der Waals surface area contributed by atoms with E-state index in [0.717, 1.165) is 12.1 Å². The number of anilines is 1. The van der Waals surface area contributed by atoms with Crippen molar-refractivity contribution < 1.29 is 22.8 Å². The second-order valence-corrected chi connectivity index (χ2v) is 7.20. The minimum Gasteiger partial charge on any atom is -0.374 e. The lowest BCUT2D eigenvalue weighted by Crippen LogP contribution is -2.42. The Hall–Kier alpha value is -2.58. The lowest BCUT2D eigenvalue weighted by Gasteiger charge is -2.29. The van der Waals surface area contributed by atoms with Gasteiger partial charge in [-0.2, -0.15) is 13.2 Å². The zero-order valence-electron chi connectivity index (χ0n) is 14.9. The Labute approximate surface area is 174 Å². The predicted octanol–water partition coefficient (Wildman–Crippen LogP) is 5.59. The standard InChI is InChI=1S/C19H14Cl2F3N3O2/c1-11(28)26-17-5-3-12(10-25-17)2-4-16-9-18(29-27-16,19(22,23)24)13-6-14(20)8-15(21)7-13/h2-8,10H,9H2,1H3,(H,25,26,28)/b4-2+. The molecule has 2 heterocycles. The Bertz CT molecular complexity index is 971. The molecule has 1 amide bonds. The zero-order chi connectivity index (χ0) is 21.2. The normalized spacial score (nSPS) is 19.2. The number of nitrogens with one attached hydrogen (secondary N) is 1. The fourth-order valence-corrected chi connectivity index (χ4v) is 3.28. The molecule has 1 aliphatic heterocycles. The Morgan fingerprint density at radius 3 is 2.45 bits per heavy atom. The van der Waals surface area contributed by atoms with Crippen LogP contribution in [0.4, 0.5) is 19.0 Å². The molecule has 1 aromatic carbocycles. The van der Waals surface area contributed by atoms with Gasteiger partial charge in [0.05, 0.1) is 5.71 Å². The highest BCUT2D eigenvalue weighted by molar-refractivity contribution is 6.34. The lowest BCUT2D eigenvalue weighted by molar-refractivity contribution is -0.275. The molecule has 1 aromatic heterocycles. The van der Waals surface area contributed by atoms with Crippen molar-refractivity contribution >= 4 is 46.7 Å². The number of hydrogen-bond donors (Lipinski definition) is 1. The van der Waals surface area contributed by atoms with Crippen molar-refractivity contribution in [2.75, 3.05) is 5.32 Å². The second-order valence-electron chi connectivity index (χ2n) is 6.32. The van der Waals surface area contributed by atoms with Gasteiger partial charge in [0, 0.05) is 35.2 Å². The monoisotopic (exact) mass is 443 g/mol. The van der Waals surface area contributed by atoms with E-state index in [1.54, 1.807) is 18.2 Å². The van der Waals surface area contributed by atoms with Crippen LogP contribution >= 0.6 is 23.2 Å². The maximum atomic E-state index is 13.9. The van der Waals surface area contributed by atoms with Gasteiger partial charge in [-0.3, -0.25) is 4.79 Å². The summed E-state index contributed by atoms with van der Waals surface area (Å²) >= 11 is 11.7. The van der Waals surface area contributed by atoms with E-state index >= 15 is 0 Å². The predicted molar refractivity (Wildman–Crippen MR) is 105 cm³/mol. The number of carbonyl (C=O) groups excluding carboxylic acids is 1. The summed E-state index contributed by atoms with van der Waals surface area (Å²) < 4.78 is 41.7. The van der Waals surface area contributed by atoms with Crippen LogP contribution in [0.1, 0.15) is 24.5 Å². The maximum absolute atomic E-state index is 13.9. The maximum Gasteiger partial charge on any atom is 0.435 e. The molecule has 0 saturated carbocycles. The summed E-state index contributed by atoms with van der Waals surface area (Å²) in [4.78, 5) is 19.9. The first-order valence-corrected chi connectivity index (χ1v) is 9.05. The summed E-state index contributed by atoms with van der Waals surface area (Å²) in [5, 5.41) is 6.26. The summed E-state index contributed by atoms with van der Waals surface area (Å²) in [6.07, 6.45) is -0.868. The molecule has 1 atom stereocenters. The number of pyridine rings is 1. The smallest absolute Gasteiger partial charge is 0.374 e. The van der Waals surface area contributed by atoms with Crippen LogP contribution in [0, 0.1) is 0 Å². The first-order valence-electron chi connectivity index (χ1n) is 8.29. The number of hydrogen-bond acceptors (Lipinski definition) is 4. The molecule has 0 aliphatic carbocycles. The van der Waals surface area contributed by atoms with Crippen LogP contribution in [-0.4, -0.2) is 22.8 Å². The first kappa shape index (κ1) is 21.1. The van der Waals surface area contributed by atoms with Gasteiger partial charge in [0.25, 0.3) is 5.60 Å². The largest absolute Gasteiger partial charge is 0.435 e. The Morgan fingerprint density at radius 2 is 1.90 bits per heavy atom. The van der Waals surface area contributed by atoms with Crippen molar-refractivity contribution in [1.29, 1.82) is 0 Å². The van der Waals surface area contributed by atoms with Crippen molar-refractivity contribution in [1.82, 2.24) is 4.98 Å². The first-order chi connectivity index (χ1) is 13.6. The number of allylic oxidation sites excluding steroid dienone is 1. The highest BCUT2D eigenvalue weighted by Crippen LogP contribution is 2.49. The van der Waals surface area contributed by atoms with E-state index in [1.165, 1.54) is 25.3 Å². The van der Waals surface area contributed by atoms with Crippen LogP contribution < -0.4 is 5.32 Å². The van der Waals surface area contributed by atoms with Crippen LogP contribution in [0.3, 0.4) is 0 Å². The SMILES string of the molecule is CC(=O)Nc1ccc(/C=C/C2=NOC(c3cc(Cl)cc(Cl)c3)(C(F)(F)F)C2)cn1. The molecule has 0 bridgehead atoms. The summed E-state index contributed by atoms with van der Waals surface area (Å²) in [7, 11) is 0. The number of amides is 1. The van der Waals surface area contributed by atoms with Gasteiger partial charge in [0.1, 0.15) is 5.82 Å². The van der Waals surface area contributed by atoms with E-state index in [-0.39, 0.29) is 27.2 Å². The zero-order valence-corrected chi connectivity index (χ0v) is 16.4. The van der Waals surface area contributed by atoms with E-state index in [4.69, 9.17) is 28.0 Å². The topological polar surface area (TPSA) is 63.6 Å². The molecule has 29 heavy (non-hydrogen) atoms. The third-order valence-electron chi connectivity index (χ3n) is 4.09. The number of alkyl halides is 3. The van der Waals surface area contributed by atoms with Crippen molar-refractivity contribution in [3.8, 4) is 0 Å². The summed E-state index contributed by atoms with van der Waals surface area (Å²) in [6, 6.07) is 6.88. The van der Waals surface area contributed by atoms with E-state index in [2.05, 4.69) is 15.5 Å². The molecule has 1 N–H and O–H groups in total. The third-order valence-corrected chi connectivity index (χ3v) is 4.53. The molecular weight excluding hydrogens is 430 g/mol. The highest BCUT2D eigenvalue weighted by Gasteiger charge is 2.62. The molecule has 0 saturated heterocycles. The van der Waals surface area contributed by atoms with Gasteiger partial charge in [0.2, 0.25) is 5.91 Å². The van der Waals surface area contributed by atoms with Crippen molar-refractivity contribution in [2.45, 2.75) is 25.1 Å². The fraction of sp³-hybridized carbons (Fsp3) is 0.211. The lowest BCUT2D eigenvalue weighted by atomic mass is 9.88. The average molecular weight is 444 g/mol. The number of nitrogens with zero attached hydrogens (tertiary/aromatic N) is 2. The Morgan fingerprint density at radius 1 is 1.21 bits per heavy atom. The minimum absolute atomic E-state index is 0.0639. The molecule has 0 spiro atoms. The molecule has 1 unspecified atom stereocenters. The third kappa shape index (κ3) is 4.71. The molecule has 2 aromatic rings. The van der Waals surface area contributed by atoms with E-state index in [9.17, 15) is 18.0 Å². The average Bonchev–Trinajstić information content (AvgIpc) is 3.05. The van der Waals surface area contributed by atoms with Gasteiger partial charge in [-0.05, 0) is 42.0 Å². The molecule has 3 rings (SSSR count). The van der Waals surface area contributed by atoms with Crippen molar-refractivity contribution in [3.05, 3.63) is 63.8 Å². The number of rotatable bonds is 4. The minimum atomic E-state index is -4.75. The van der Waals surface area contributed by atoms with Crippen LogP contribution in [0.5, 0.6) is 0 Å². The Balaban J connectivity index is 1.81. The fourth-order valence-electron chi connectivity index (χ4n) is 2.75. The van der Waals surface area contributed by atoms with Crippen LogP contribution in [0.15, 0.2) is 47.8 Å². The Kier molecular flexibility index (Phi) is 5.86. The molecule has 0 radical (unpaired) electrons. The van der Waals surface area contributed by atoms with Crippen molar-refractivity contribution in [3.63, 3.8) is 0 Å². The van der Waals surface area contributed by atoms with Gasteiger partial charge >= 0.3 is 6.18 Å². The number of aromatic nitrogens is 1. The molecule has 1 aliphatic rings. The van der Waals surface area contributed by atoms with Crippen molar-refractivity contribution in [2.24, 2.45) is 5.16 Å². The quantitative estimate of drug-likeness (QED) is 0.669. The van der Waals surface area contributed by atoms with Gasteiger partial charge < -0.3 is 10.2 Å². The van der Waals surface area contributed by atoms with E-state index in [1.807, 2.05) is 0 Å². The molecule has 5 nitrogen and oxygen atoms in total. The second kappa shape index (κ2) is 8.04.